The Morgan fingerprint density at radius 1 is 0.795 bits per heavy atom. The Morgan fingerprint density at radius 2 is 1.50 bits per heavy atom. The van der Waals surface area contributed by atoms with Gasteiger partial charge in [0.15, 0.2) is 0 Å². The third-order valence-corrected chi connectivity index (χ3v) is 9.27. The molecule has 1 fully saturated rings. The average molecular weight is 623 g/mol. The van der Waals surface area contributed by atoms with E-state index in [1.807, 2.05) is 78.9 Å². The molecule has 0 bridgehead atoms. The number of fused-ring (bicyclic) bond motifs is 1. The van der Waals surface area contributed by atoms with Crippen LogP contribution in [0.25, 0.3) is 6.08 Å². The number of nitrogens with one attached hydrogen (secondary N) is 1. The van der Waals surface area contributed by atoms with E-state index in [1.165, 1.54) is 17.3 Å². The first-order valence-electron chi connectivity index (χ1n) is 14.9. The number of hydrogen-bond acceptors (Lipinski definition) is 5. The maximum absolute atomic E-state index is 13.6. The first-order valence-corrected chi connectivity index (χ1v) is 16.1. The van der Waals surface area contributed by atoms with Crippen LogP contribution in [0.2, 0.25) is 5.02 Å². The molecule has 44 heavy (non-hydrogen) atoms. The first-order chi connectivity index (χ1) is 21.5. The topological polar surface area (TPSA) is 55.9 Å². The SMILES string of the molecule is O=C(NCCN1CCN(Cc2ccccc2)CC1)c1ccc(C=C2Sc3ccccc3N(Cc3cccc(Cl)c3)C2=O)cc1. The molecule has 1 N–H and O–H groups in total. The third kappa shape index (κ3) is 7.60. The molecule has 2 aliphatic rings. The number of anilines is 1. The molecule has 4 aromatic carbocycles. The van der Waals surface area contributed by atoms with Gasteiger partial charge in [0.25, 0.3) is 11.8 Å². The highest BCUT2D eigenvalue weighted by Gasteiger charge is 2.29. The van der Waals surface area contributed by atoms with Crippen molar-refractivity contribution in [2.24, 2.45) is 0 Å². The van der Waals surface area contributed by atoms with Gasteiger partial charge in [-0.3, -0.25) is 19.4 Å². The summed E-state index contributed by atoms with van der Waals surface area (Å²) in [7, 11) is 0. The number of nitrogens with zero attached hydrogens (tertiary/aromatic N) is 3. The standard InChI is InChI=1S/C36H35ClN4O2S/c37-31-10-6-9-29(23-31)26-41-32-11-4-5-12-33(32)44-34(36(41)43)24-27-13-15-30(16-14-27)35(42)38-17-18-39-19-21-40(22-20-39)25-28-7-2-1-3-8-28/h1-16,23-24H,17-22,25-26H2,(H,38,42). The van der Waals surface area contributed by atoms with Gasteiger partial charge in [-0.2, -0.15) is 0 Å². The summed E-state index contributed by atoms with van der Waals surface area (Å²) in [5.74, 6) is -0.145. The van der Waals surface area contributed by atoms with Crippen molar-refractivity contribution in [3.8, 4) is 0 Å². The molecule has 2 heterocycles. The highest BCUT2D eigenvalue weighted by Crippen LogP contribution is 2.42. The van der Waals surface area contributed by atoms with E-state index < -0.39 is 0 Å². The molecule has 0 atom stereocenters. The number of amides is 2. The van der Waals surface area contributed by atoms with E-state index in [1.54, 1.807) is 4.90 Å². The first kappa shape index (κ1) is 30.2. The van der Waals surface area contributed by atoms with Crippen molar-refractivity contribution >= 4 is 46.9 Å². The van der Waals surface area contributed by atoms with Crippen LogP contribution in [0.4, 0.5) is 5.69 Å². The van der Waals surface area contributed by atoms with Gasteiger partial charge in [-0.1, -0.05) is 90.1 Å². The van der Waals surface area contributed by atoms with Crippen LogP contribution >= 0.6 is 23.4 Å². The van der Waals surface area contributed by atoms with E-state index in [9.17, 15) is 9.59 Å². The molecule has 1 saturated heterocycles. The van der Waals surface area contributed by atoms with E-state index in [0.29, 0.717) is 28.6 Å². The molecule has 0 saturated carbocycles. The Morgan fingerprint density at radius 3 is 2.27 bits per heavy atom. The lowest BCUT2D eigenvalue weighted by Gasteiger charge is -2.34. The van der Waals surface area contributed by atoms with E-state index in [0.717, 1.165) is 61.0 Å². The van der Waals surface area contributed by atoms with Crippen LogP contribution in [-0.2, 0) is 17.9 Å². The maximum Gasteiger partial charge on any atom is 0.265 e. The van der Waals surface area contributed by atoms with Crippen molar-refractivity contribution in [1.82, 2.24) is 15.1 Å². The molecule has 2 amide bonds. The Labute approximate surface area is 268 Å². The van der Waals surface area contributed by atoms with E-state index >= 15 is 0 Å². The third-order valence-electron chi connectivity index (χ3n) is 7.96. The second kappa shape index (κ2) is 14.3. The van der Waals surface area contributed by atoms with Gasteiger partial charge in [0.2, 0.25) is 0 Å². The predicted octanol–water partition coefficient (Wildman–Crippen LogP) is 6.57. The highest BCUT2D eigenvalue weighted by molar-refractivity contribution is 8.04. The molecule has 0 radical (unpaired) electrons. The van der Waals surface area contributed by atoms with Crippen LogP contribution in [0, 0.1) is 0 Å². The molecule has 0 spiro atoms. The van der Waals surface area contributed by atoms with Crippen LogP contribution in [0.5, 0.6) is 0 Å². The molecule has 6 rings (SSSR count). The largest absolute Gasteiger partial charge is 0.351 e. The Balaban J connectivity index is 1.03. The van der Waals surface area contributed by atoms with Gasteiger partial charge >= 0.3 is 0 Å². The van der Waals surface area contributed by atoms with Gasteiger partial charge in [-0.25, -0.2) is 0 Å². The number of hydrogen-bond donors (Lipinski definition) is 1. The minimum atomic E-state index is -0.0864. The van der Waals surface area contributed by atoms with Crippen molar-refractivity contribution in [1.29, 1.82) is 0 Å². The molecule has 224 valence electrons. The van der Waals surface area contributed by atoms with E-state index in [2.05, 4.69) is 45.4 Å². The number of para-hydroxylation sites is 1. The molecule has 0 aromatic heterocycles. The molecule has 6 nitrogen and oxygen atoms in total. The van der Waals surface area contributed by atoms with Crippen LogP contribution in [-0.4, -0.2) is 60.9 Å². The monoisotopic (exact) mass is 622 g/mol. The summed E-state index contributed by atoms with van der Waals surface area (Å²) in [6.07, 6.45) is 1.90. The molecular weight excluding hydrogens is 588 g/mol. The fraction of sp³-hybridized carbons (Fsp3) is 0.222. The van der Waals surface area contributed by atoms with Crippen molar-refractivity contribution < 1.29 is 9.59 Å². The number of carbonyl (C=O) groups excluding carboxylic acids is 2. The fourth-order valence-corrected chi connectivity index (χ4v) is 6.83. The van der Waals surface area contributed by atoms with Gasteiger partial charge in [-0.15, -0.1) is 0 Å². The summed E-state index contributed by atoms with van der Waals surface area (Å²) >= 11 is 7.68. The summed E-state index contributed by atoms with van der Waals surface area (Å²) in [4.78, 5) is 34.8. The zero-order chi connectivity index (χ0) is 30.3. The van der Waals surface area contributed by atoms with E-state index in [4.69, 9.17) is 11.6 Å². The Kier molecular flexibility index (Phi) is 9.78. The minimum Gasteiger partial charge on any atom is -0.351 e. The zero-order valence-electron chi connectivity index (χ0n) is 24.5. The number of carbonyl (C=O) groups is 2. The lowest BCUT2D eigenvalue weighted by molar-refractivity contribution is -0.114. The number of rotatable bonds is 9. The second-order valence-corrected chi connectivity index (χ2v) is 12.6. The summed E-state index contributed by atoms with van der Waals surface area (Å²) in [5.41, 5.74) is 4.68. The van der Waals surface area contributed by atoms with E-state index in [-0.39, 0.29) is 11.8 Å². The fourth-order valence-electron chi connectivity index (χ4n) is 5.56. The summed E-state index contributed by atoms with van der Waals surface area (Å²) < 4.78 is 0. The summed E-state index contributed by atoms with van der Waals surface area (Å²) in [6.45, 7) is 6.93. The second-order valence-electron chi connectivity index (χ2n) is 11.1. The highest BCUT2D eigenvalue weighted by atomic mass is 35.5. The summed E-state index contributed by atoms with van der Waals surface area (Å²) in [6, 6.07) is 33.5. The zero-order valence-corrected chi connectivity index (χ0v) is 26.1. The molecular formula is C36H35ClN4O2S. The van der Waals surface area contributed by atoms with Gasteiger partial charge in [-0.05, 0) is 59.2 Å². The van der Waals surface area contributed by atoms with Crippen LogP contribution in [0.1, 0.15) is 27.0 Å². The number of thioether (sulfide) groups is 1. The quantitative estimate of drug-likeness (QED) is 0.214. The summed E-state index contributed by atoms with van der Waals surface area (Å²) in [5, 5.41) is 3.71. The predicted molar refractivity (Wildman–Crippen MR) is 180 cm³/mol. The smallest absolute Gasteiger partial charge is 0.265 e. The number of halogens is 1. The van der Waals surface area contributed by atoms with Crippen molar-refractivity contribution in [3.05, 3.63) is 135 Å². The molecule has 0 aliphatic carbocycles. The molecule has 0 unspecified atom stereocenters. The molecule has 4 aromatic rings. The Hall–Kier alpha value is -3.88. The van der Waals surface area contributed by atoms with Gasteiger partial charge in [0.05, 0.1) is 17.1 Å². The normalized spacial score (nSPS) is 16.6. The van der Waals surface area contributed by atoms with Gasteiger partial charge < -0.3 is 10.2 Å². The number of piperazine rings is 1. The minimum absolute atomic E-state index is 0.0589. The maximum atomic E-state index is 13.6. The van der Waals surface area contributed by atoms with Crippen molar-refractivity contribution in [3.63, 3.8) is 0 Å². The average Bonchev–Trinajstić information content (AvgIpc) is 3.05. The van der Waals surface area contributed by atoms with Crippen molar-refractivity contribution in [2.45, 2.75) is 18.0 Å². The molecule has 2 aliphatic heterocycles. The van der Waals surface area contributed by atoms with Gasteiger partial charge in [0.1, 0.15) is 0 Å². The van der Waals surface area contributed by atoms with Crippen molar-refractivity contribution in [2.75, 3.05) is 44.2 Å². The van der Waals surface area contributed by atoms with Crippen LogP contribution in [0.3, 0.4) is 0 Å². The van der Waals surface area contributed by atoms with Crippen LogP contribution in [0.15, 0.2) is 113 Å². The molecule has 8 heteroatoms. The lowest BCUT2D eigenvalue weighted by atomic mass is 10.1. The van der Waals surface area contributed by atoms with Gasteiger partial charge in [0, 0.05) is 61.3 Å². The van der Waals surface area contributed by atoms with Crippen LogP contribution < -0.4 is 10.2 Å². The number of benzene rings is 4. The lowest BCUT2D eigenvalue weighted by Crippen LogP contribution is -2.48. The Bertz CT molecular complexity index is 1640.